The molecule has 0 radical (unpaired) electrons. The van der Waals surface area contributed by atoms with Crippen LogP contribution in [0.1, 0.15) is 22.5 Å². The fourth-order valence-electron chi connectivity index (χ4n) is 3.46. The molecular weight excluding hydrogens is 318 g/mol. The molecule has 6 nitrogen and oxygen atoms in total. The van der Waals surface area contributed by atoms with Gasteiger partial charge in [-0.05, 0) is 36.6 Å². The first kappa shape index (κ1) is 17.5. The van der Waals surface area contributed by atoms with Crippen LogP contribution in [-0.4, -0.2) is 54.0 Å². The number of amides is 1. The van der Waals surface area contributed by atoms with Crippen LogP contribution in [-0.2, 0) is 18.2 Å². The average Bonchev–Trinajstić information content (AvgIpc) is 3.08. The third-order valence-corrected chi connectivity index (χ3v) is 4.84. The Morgan fingerprint density at radius 3 is 2.60 bits per heavy atom. The third kappa shape index (κ3) is 4.02. The molecule has 1 fully saturated rings. The molecule has 2 atom stereocenters. The molecule has 2 heterocycles. The highest BCUT2D eigenvalue weighted by molar-refractivity contribution is 5.92. The normalized spacial score (nSPS) is 20.5. The zero-order valence-corrected chi connectivity index (χ0v) is 15.0. The Kier molecular flexibility index (Phi) is 5.38. The molecule has 0 N–H and O–H groups in total. The molecule has 1 amide bonds. The number of hydrogen-bond donors (Lipinski definition) is 0. The Bertz CT molecular complexity index is 711. The first-order chi connectivity index (χ1) is 12.1. The standard InChI is InChI=1S/C19H25N3O3/c1-21-10-8-17(20-21)19(23)22-11-9-18(25-3)15(13-22)12-14-4-6-16(24-2)7-5-14/h4-8,10,15,18H,9,11-13H2,1-3H3/t15-,18+/m0/s1. The monoisotopic (exact) mass is 343 g/mol. The van der Waals surface area contributed by atoms with E-state index in [2.05, 4.69) is 17.2 Å². The van der Waals surface area contributed by atoms with E-state index in [4.69, 9.17) is 9.47 Å². The summed E-state index contributed by atoms with van der Waals surface area (Å²) < 4.78 is 12.5. The summed E-state index contributed by atoms with van der Waals surface area (Å²) in [7, 11) is 5.24. The number of piperidine rings is 1. The van der Waals surface area contributed by atoms with Gasteiger partial charge in [-0.1, -0.05) is 12.1 Å². The summed E-state index contributed by atoms with van der Waals surface area (Å²) in [5, 5.41) is 4.23. The number of benzene rings is 1. The van der Waals surface area contributed by atoms with Gasteiger partial charge in [0.2, 0.25) is 0 Å². The summed E-state index contributed by atoms with van der Waals surface area (Å²) in [4.78, 5) is 14.6. The highest BCUT2D eigenvalue weighted by Crippen LogP contribution is 2.25. The van der Waals surface area contributed by atoms with Crippen molar-refractivity contribution in [2.24, 2.45) is 13.0 Å². The van der Waals surface area contributed by atoms with E-state index in [1.807, 2.05) is 24.1 Å². The maximum atomic E-state index is 12.7. The first-order valence-electron chi connectivity index (χ1n) is 8.55. The van der Waals surface area contributed by atoms with Gasteiger partial charge in [0, 0.05) is 39.4 Å². The molecule has 3 rings (SSSR count). The number of ether oxygens (including phenoxy) is 2. The fourth-order valence-corrected chi connectivity index (χ4v) is 3.46. The lowest BCUT2D eigenvalue weighted by atomic mass is 9.88. The smallest absolute Gasteiger partial charge is 0.274 e. The van der Waals surface area contributed by atoms with Crippen molar-refractivity contribution < 1.29 is 14.3 Å². The van der Waals surface area contributed by atoms with Gasteiger partial charge >= 0.3 is 0 Å². The number of methoxy groups -OCH3 is 2. The van der Waals surface area contributed by atoms with E-state index in [1.165, 1.54) is 5.56 Å². The predicted molar refractivity (Wildman–Crippen MR) is 94.7 cm³/mol. The Balaban J connectivity index is 1.70. The minimum atomic E-state index is -0.00474. The lowest BCUT2D eigenvalue weighted by molar-refractivity contribution is -0.00319. The molecule has 6 heteroatoms. The van der Waals surface area contributed by atoms with Gasteiger partial charge in [-0.15, -0.1) is 0 Å². The average molecular weight is 343 g/mol. The number of rotatable bonds is 5. The van der Waals surface area contributed by atoms with E-state index in [9.17, 15) is 4.79 Å². The molecule has 1 aliphatic heterocycles. The van der Waals surface area contributed by atoms with Crippen LogP contribution < -0.4 is 4.74 Å². The van der Waals surface area contributed by atoms with E-state index in [0.717, 1.165) is 18.6 Å². The van der Waals surface area contributed by atoms with E-state index >= 15 is 0 Å². The minimum Gasteiger partial charge on any atom is -0.497 e. The van der Waals surface area contributed by atoms with Gasteiger partial charge in [-0.25, -0.2) is 0 Å². The molecule has 0 unspecified atom stereocenters. The Labute approximate surface area is 148 Å². The number of carbonyl (C=O) groups is 1. The van der Waals surface area contributed by atoms with Crippen molar-refractivity contribution in [3.63, 3.8) is 0 Å². The second kappa shape index (κ2) is 7.70. The van der Waals surface area contributed by atoms with Gasteiger partial charge in [-0.3, -0.25) is 9.48 Å². The van der Waals surface area contributed by atoms with Crippen molar-refractivity contribution in [3.05, 3.63) is 47.8 Å². The van der Waals surface area contributed by atoms with E-state index in [0.29, 0.717) is 18.8 Å². The topological polar surface area (TPSA) is 56.6 Å². The van der Waals surface area contributed by atoms with Crippen LogP contribution in [0.2, 0.25) is 0 Å². The molecular formula is C19H25N3O3. The van der Waals surface area contributed by atoms with Gasteiger partial charge in [0.05, 0.1) is 13.2 Å². The first-order valence-corrected chi connectivity index (χ1v) is 8.55. The zero-order valence-electron chi connectivity index (χ0n) is 15.0. The summed E-state index contributed by atoms with van der Waals surface area (Å²) in [6.45, 7) is 1.38. The summed E-state index contributed by atoms with van der Waals surface area (Å²) in [6, 6.07) is 9.85. The molecule has 1 aromatic carbocycles. The van der Waals surface area contributed by atoms with Crippen molar-refractivity contribution in [3.8, 4) is 5.75 Å². The molecule has 1 aromatic heterocycles. The van der Waals surface area contributed by atoms with E-state index in [1.54, 1.807) is 31.2 Å². The quantitative estimate of drug-likeness (QED) is 0.835. The molecule has 0 spiro atoms. The second-order valence-corrected chi connectivity index (χ2v) is 6.50. The van der Waals surface area contributed by atoms with Crippen LogP contribution in [0.5, 0.6) is 5.75 Å². The Morgan fingerprint density at radius 1 is 1.24 bits per heavy atom. The van der Waals surface area contributed by atoms with Crippen molar-refractivity contribution in [1.29, 1.82) is 0 Å². The highest BCUT2D eigenvalue weighted by Gasteiger charge is 2.32. The molecule has 1 saturated heterocycles. The molecule has 0 bridgehead atoms. The van der Waals surface area contributed by atoms with Crippen LogP contribution in [0.3, 0.4) is 0 Å². The summed E-state index contributed by atoms with van der Waals surface area (Å²) in [6.07, 6.45) is 3.67. The number of aryl methyl sites for hydroxylation is 1. The van der Waals surface area contributed by atoms with Gasteiger partial charge in [0.25, 0.3) is 5.91 Å². The third-order valence-electron chi connectivity index (χ3n) is 4.84. The van der Waals surface area contributed by atoms with Crippen molar-refractivity contribution in [2.75, 3.05) is 27.3 Å². The van der Waals surface area contributed by atoms with Crippen LogP contribution in [0.4, 0.5) is 0 Å². The largest absolute Gasteiger partial charge is 0.497 e. The van der Waals surface area contributed by atoms with Gasteiger partial charge in [0.1, 0.15) is 11.4 Å². The number of carbonyl (C=O) groups excluding carboxylic acids is 1. The summed E-state index contributed by atoms with van der Waals surface area (Å²) in [5.74, 6) is 1.11. The van der Waals surface area contributed by atoms with Crippen LogP contribution in [0.25, 0.3) is 0 Å². The molecule has 2 aromatic rings. The molecule has 0 aliphatic carbocycles. The van der Waals surface area contributed by atoms with Gasteiger partial charge < -0.3 is 14.4 Å². The minimum absolute atomic E-state index is 0.00474. The van der Waals surface area contributed by atoms with Crippen LogP contribution in [0, 0.1) is 5.92 Å². The molecule has 25 heavy (non-hydrogen) atoms. The second-order valence-electron chi connectivity index (χ2n) is 6.50. The van der Waals surface area contributed by atoms with E-state index < -0.39 is 0 Å². The Morgan fingerprint density at radius 2 is 2.00 bits per heavy atom. The molecule has 1 aliphatic rings. The lowest BCUT2D eigenvalue weighted by Gasteiger charge is -2.37. The fraction of sp³-hybridized carbons (Fsp3) is 0.474. The maximum Gasteiger partial charge on any atom is 0.274 e. The van der Waals surface area contributed by atoms with Crippen molar-refractivity contribution in [2.45, 2.75) is 18.9 Å². The van der Waals surface area contributed by atoms with E-state index in [-0.39, 0.29) is 17.9 Å². The van der Waals surface area contributed by atoms with Crippen LogP contribution >= 0.6 is 0 Å². The SMILES string of the molecule is COc1ccc(C[C@H]2CN(C(=O)c3ccn(C)n3)CC[C@H]2OC)cc1. The predicted octanol–water partition coefficient (Wildman–Crippen LogP) is 2.15. The highest BCUT2D eigenvalue weighted by atomic mass is 16.5. The zero-order chi connectivity index (χ0) is 17.8. The lowest BCUT2D eigenvalue weighted by Crippen LogP contribution is -2.47. The van der Waals surface area contributed by atoms with Gasteiger partial charge in [0.15, 0.2) is 0 Å². The van der Waals surface area contributed by atoms with Crippen molar-refractivity contribution >= 4 is 5.91 Å². The Hall–Kier alpha value is -2.34. The maximum absolute atomic E-state index is 12.7. The summed E-state index contributed by atoms with van der Waals surface area (Å²) >= 11 is 0. The molecule has 0 saturated carbocycles. The number of nitrogens with zero attached hydrogens (tertiary/aromatic N) is 3. The number of aromatic nitrogens is 2. The van der Waals surface area contributed by atoms with Crippen molar-refractivity contribution in [1.82, 2.24) is 14.7 Å². The van der Waals surface area contributed by atoms with Crippen LogP contribution in [0.15, 0.2) is 36.5 Å². The number of likely N-dealkylation sites (tertiary alicyclic amines) is 1. The summed E-state index contributed by atoms with van der Waals surface area (Å²) in [5.41, 5.74) is 1.72. The molecule has 134 valence electrons. The number of hydrogen-bond acceptors (Lipinski definition) is 4. The van der Waals surface area contributed by atoms with Gasteiger partial charge in [-0.2, -0.15) is 5.10 Å².